The molecule has 0 spiro atoms. The van der Waals surface area contributed by atoms with E-state index in [0.29, 0.717) is 12.1 Å². The van der Waals surface area contributed by atoms with E-state index in [-0.39, 0.29) is 5.91 Å². The van der Waals surface area contributed by atoms with E-state index in [2.05, 4.69) is 36.4 Å². The Bertz CT molecular complexity index is 602. The molecule has 0 radical (unpaired) electrons. The zero-order valence-electron chi connectivity index (χ0n) is 12.3. The smallest absolute Gasteiger partial charge is 0.254 e. The molecule has 1 aromatic carbocycles. The van der Waals surface area contributed by atoms with E-state index < -0.39 is 0 Å². The Morgan fingerprint density at radius 2 is 2.15 bits per heavy atom. The van der Waals surface area contributed by atoms with Crippen LogP contribution >= 0.6 is 0 Å². The lowest BCUT2D eigenvalue weighted by Crippen LogP contribution is -2.23. The number of hydrogen-bond donors (Lipinski definition) is 1. The average molecular weight is 271 g/mol. The highest BCUT2D eigenvalue weighted by atomic mass is 16.1. The molecule has 0 bridgehead atoms. The lowest BCUT2D eigenvalue weighted by Gasteiger charge is -2.09. The number of aromatic nitrogens is 2. The Morgan fingerprint density at radius 3 is 2.80 bits per heavy atom. The number of aryl methyl sites for hydroxylation is 1. The molecule has 0 saturated carbocycles. The van der Waals surface area contributed by atoms with Gasteiger partial charge >= 0.3 is 0 Å². The molecule has 106 valence electrons. The monoisotopic (exact) mass is 271 g/mol. The summed E-state index contributed by atoms with van der Waals surface area (Å²) in [5, 5.41) is 7.25. The molecule has 4 heteroatoms. The molecule has 1 amide bonds. The van der Waals surface area contributed by atoms with E-state index in [1.807, 2.05) is 23.7 Å². The molecule has 4 nitrogen and oxygen atoms in total. The summed E-state index contributed by atoms with van der Waals surface area (Å²) in [6, 6.07) is 8.15. The van der Waals surface area contributed by atoms with Gasteiger partial charge in [0.15, 0.2) is 0 Å². The number of rotatable bonds is 5. The number of carbonyl (C=O) groups is 1. The third-order valence-corrected chi connectivity index (χ3v) is 3.18. The van der Waals surface area contributed by atoms with Crippen LogP contribution in [0, 0.1) is 6.92 Å². The predicted molar refractivity (Wildman–Crippen MR) is 80.3 cm³/mol. The molecule has 0 aliphatic rings. The van der Waals surface area contributed by atoms with E-state index in [9.17, 15) is 4.79 Å². The van der Waals surface area contributed by atoms with Gasteiger partial charge in [-0.1, -0.05) is 25.5 Å². The summed E-state index contributed by atoms with van der Waals surface area (Å²) in [7, 11) is 0. The number of carbonyl (C=O) groups excluding carboxylic acids is 1. The fraction of sp³-hybridized carbons (Fsp3) is 0.375. The molecule has 0 aliphatic carbocycles. The van der Waals surface area contributed by atoms with Crippen molar-refractivity contribution in [2.75, 3.05) is 6.54 Å². The topological polar surface area (TPSA) is 46.9 Å². The Kier molecular flexibility index (Phi) is 4.56. The normalized spacial score (nSPS) is 10.6. The number of nitrogens with one attached hydrogen (secondary N) is 1. The molecule has 1 aromatic heterocycles. The summed E-state index contributed by atoms with van der Waals surface area (Å²) in [5.74, 6) is -0.0464. The predicted octanol–water partition coefficient (Wildman–Crippen LogP) is 2.88. The van der Waals surface area contributed by atoms with Crippen LogP contribution in [0.15, 0.2) is 30.5 Å². The van der Waals surface area contributed by atoms with Gasteiger partial charge < -0.3 is 5.32 Å². The molecule has 0 aliphatic heterocycles. The summed E-state index contributed by atoms with van der Waals surface area (Å²) in [4.78, 5) is 12.1. The van der Waals surface area contributed by atoms with E-state index in [1.54, 1.807) is 6.20 Å². The first-order valence-electron chi connectivity index (χ1n) is 7.09. The summed E-state index contributed by atoms with van der Waals surface area (Å²) in [5.41, 5.74) is 3.84. The van der Waals surface area contributed by atoms with Crippen LogP contribution in [0.4, 0.5) is 0 Å². The van der Waals surface area contributed by atoms with Gasteiger partial charge in [0.1, 0.15) is 0 Å². The zero-order valence-corrected chi connectivity index (χ0v) is 12.3. The van der Waals surface area contributed by atoms with Gasteiger partial charge in [-0.2, -0.15) is 5.10 Å². The lowest BCUT2D eigenvalue weighted by atomic mass is 10.1. The molecule has 2 aromatic rings. The van der Waals surface area contributed by atoms with E-state index in [1.165, 1.54) is 5.56 Å². The second-order valence-corrected chi connectivity index (χ2v) is 4.87. The fourth-order valence-corrected chi connectivity index (χ4v) is 2.28. The second kappa shape index (κ2) is 6.37. The van der Waals surface area contributed by atoms with Gasteiger partial charge in [-0.15, -0.1) is 0 Å². The summed E-state index contributed by atoms with van der Waals surface area (Å²) in [6.07, 6.45) is 3.47. The largest absolute Gasteiger partial charge is 0.352 e. The maximum Gasteiger partial charge on any atom is 0.254 e. The van der Waals surface area contributed by atoms with Gasteiger partial charge in [0, 0.05) is 6.54 Å². The fourth-order valence-electron chi connectivity index (χ4n) is 2.28. The van der Waals surface area contributed by atoms with Crippen LogP contribution in [0.3, 0.4) is 0 Å². The van der Waals surface area contributed by atoms with Gasteiger partial charge in [0.05, 0.1) is 23.1 Å². The third kappa shape index (κ3) is 2.90. The standard InChI is InChI=1S/C16H21N3O/c1-4-7-15-14(16(20)17-5-2)11-18-19(15)13-9-6-8-12(3)10-13/h6,8-11H,4-5,7H2,1-3H3,(H,17,20). The minimum atomic E-state index is -0.0464. The minimum Gasteiger partial charge on any atom is -0.352 e. The quantitative estimate of drug-likeness (QED) is 0.909. The van der Waals surface area contributed by atoms with Crippen molar-refractivity contribution >= 4 is 5.91 Å². The maximum absolute atomic E-state index is 12.1. The summed E-state index contributed by atoms with van der Waals surface area (Å²) < 4.78 is 1.88. The van der Waals surface area contributed by atoms with Crippen LogP contribution in [0.1, 0.15) is 41.9 Å². The van der Waals surface area contributed by atoms with Crippen LogP contribution in [0.2, 0.25) is 0 Å². The zero-order chi connectivity index (χ0) is 14.5. The molecule has 0 atom stereocenters. The molecule has 2 rings (SSSR count). The van der Waals surface area contributed by atoms with Crippen molar-refractivity contribution in [2.45, 2.75) is 33.6 Å². The van der Waals surface area contributed by atoms with E-state index >= 15 is 0 Å². The molecular formula is C16H21N3O. The van der Waals surface area contributed by atoms with Crippen molar-refractivity contribution in [3.8, 4) is 5.69 Å². The van der Waals surface area contributed by atoms with Gasteiger partial charge in [-0.05, 0) is 38.0 Å². The highest BCUT2D eigenvalue weighted by Gasteiger charge is 2.17. The Labute approximate surface area is 119 Å². The van der Waals surface area contributed by atoms with Crippen molar-refractivity contribution < 1.29 is 4.79 Å². The first-order chi connectivity index (χ1) is 9.67. The number of benzene rings is 1. The first-order valence-corrected chi connectivity index (χ1v) is 7.09. The molecule has 0 fully saturated rings. The summed E-state index contributed by atoms with van der Waals surface area (Å²) >= 11 is 0. The molecule has 1 N–H and O–H groups in total. The van der Waals surface area contributed by atoms with Crippen molar-refractivity contribution in [2.24, 2.45) is 0 Å². The molecular weight excluding hydrogens is 250 g/mol. The van der Waals surface area contributed by atoms with Gasteiger partial charge in [0.25, 0.3) is 5.91 Å². The maximum atomic E-state index is 12.1. The summed E-state index contributed by atoms with van der Waals surface area (Å²) in [6.45, 7) is 6.70. The number of nitrogens with zero attached hydrogens (tertiary/aromatic N) is 2. The molecule has 0 unspecified atom stereocenters. The third-order valence-electron chi connectivity index (χ3n) is 3.18. The van der Waals surface area contributed by atoms with Crippen molar-refractivity contribution in [3.05, 3.63) is 47.3 Å². The van der Waals surface area contributed by atoms with Gasteiger partial charge in [-0.3, -0.25) is 4.79 Å². The number of amides is 1. The van der Waals surface area contributed by atoms with Gasteiger partial charge in [-0.25, -0.2) is 4.68 Å². The van der Waals surface area contributed by atoms with Crippen LogP contribution in [-0.2, 0) is 6.42 Å². The lowest BCUT2D eigenvalue weighted by molar-refractivity contribution is 0.0955. The minimum absolute atomic E-state index is 0.0464. The molecule has 0 saturated heterocycles. The highest BCUT2D eigenvalue weighted by Crippen LogP contribution is 2.17. The second-order valence-electron chi connectivity index (χ2n) is 4.87. The van der Waals surface area contributed by atoms with Crippen LogP contribution in [-0.4, -0.2) is 22.2 Å². The van der Waals surface area contributed by atoms with E-state index in [0.717, 1.165) is 24.2 Å². The highest BCUT2D eigenvalue weighted by molar-refractivity contribution is 5.95. The molecule has 20 heavy (non-hydrogen) atoms. The van der Waals surface area contributed by atoms with E-state index in [4.69, 9.17) is 0 Å². The average Bonchev–Trinajstić information content (AvgIpc) is 2.83. The van der Waals surface area contributed by atoms with Crippen molar-refractivity contribution in [1.82, 2.24) is 15.1 Å². The van der Waals surface area contributed by atoms with Crippen LogP contribution in [0.5, 0.6) is 0 Å². The Balaban J connectivity index is 2.46. The van der Waals surface area contributed by atoms with Crippen LogP contribution < -0.4 is 5.32 Å². The van der Waals surface area contributed by atoms with Crippen molar-refractivity contribution in [1.29, 1.82) is 0 Å². The van der Waals surface area contributed by atoms with Crippen molar-refractivity contribution in [3.63, 3.8) is 0 Å². The SMILES string of the molecule is CCCc1c(C(=O)NCC)cnn1-c1cccc(C)c1. The van der Waals surface area contributed by atoms with Gasteiger partial charge in [0.2, 0.25) is 0 Å². The van der Waals surface area contributed by atoms with Crippen LogP contribution in [0.25, 0.3) is 5.69 Å². The number of hydrogen-bond acceptors (Lipinski definition) is 2. The first kappa shape index (κ1) is 14.3. The Morgan fingerprint density at radius 1 is 1.35 bits per heavy atom. The Hall–Kier alpha value is -2.10. The molecule has 1 heterocycles.